The Morgan fingerprint density at radius 2 is 1.85 bits per heavy atom. The van der Waals surface area contributed by atoms with Crippen molar-refractivity contribution in [3.8, 4) is 11.5 Å². The van der Waals surface area contributed by atoms with Crippen molar-refractivity contribution in [2.24, 2.45) is 0 Å². The number of unbranched alkanes of at least 4 members (excludes halogenated alkanes) is 3. The zero-order chi connectivity index (χ0) is 14.4. The summed E-state index contributed by atoms with van der Waals surface area (Å²) in [5.74, 6) is 1.62. The first kappa shape index (κ1) is 15.2. The number of benzene rings is 1. The Morgan fingerprint density at radius 1 is 1.10 bits per heavy atom. The van der Waals surface area contributed by atoms with Crippen LogP contribution in [-0.4, -0.2) is 20.8 Å². The normalized spacial score (nSPS) is 17.6. The first-order chi connectivity index (χ1) is 9.80. The number of hydrogen-bond donors (Lipinski definition) is 0. The summed E-state index contributed by atoms with van der Waals surface area (Å²) in [6.45, 7) is 3.05. The molecule has 0 bridgehead atoms. The van der Waals surface area contributed by atoms with Crippen LogP contribution in [0.5, 0.6) is 11.5 Å². The lowest BCUT2D eigenvalue weighted by Gasteiger charge is -2.27. The van der Waals surface area contributed by atoms with Gasteiger partial charge in [0.15, 0.2) is 11.5 Å². The predicted octanol–water partition coefficient (Wildman–Crippen LogP) is 4.29. The molecule has 1 aromatic rings. The van der Waals surface area contributed by atoms with Crippen molar-refractivity contribution >= 4 is 0 Å². The maximum absolute atomic E-state index is 5.96. The van der Waals surface area contributed by atoms with Gasteiger partial charge in [0.05, 0.1) is 26.9 Å². The molecule has 0 amide bonds. The predicted molar refractivity (Wildman–Crippen MR) is 80.7 cm³/mol. The van der Waals surface area contributed by atoms with Crippen molar-refractivity contribution in [1.82, 2.24) is 0 Å². The van der Waals surface area contributed by atoms with Crippen molar-refractivity contribution in [1.29, 1.82) is 0 Å². The molecule has 112 valence electrons. The van der Waals surface area contributed by atoms with Gasteiger partial charge in [-0.1, -0.05) is 32.6 Å². The summed E-state index contributed by atoms with van der Waals surface area (Å²) in [7, 11) is 3.37. The maximum atomic E-state index is 5.96. The number of hydrogen-bond acceptors (Lipinski definition) is 3. The summed E-state index contributed by atoms with van der Waals surface area (Å²) in [6, 6.07) is 4.20. The number of methoxy groups -OCH3 is 2. The smallest absolute Gasteiger partial charge is 0.161 e. The second-order valence-corrected chi connectivity index (χ2v) is 5.36. The first-order valence-electron chi connectivity index (χ1n) is 7.66. The Balaban J connectivity index is 2.12. The van der Waals surface area contributed by atoms with Gasteiger partial charge in [-0.2, -0.15) is 0 Å². The Labute approximate surface area is 122 Å². The van der Waals surface area contributed by atoms with E-state index in [1.54, 1.807) is 14.2 Å². The molecule has 1 aliphatic heterocycles. The van der Waals surface area contributed by atoms with Gasteiger partial charge in [0.1, 0.15) is 0 Å². The Morgan fingerprint density at radius 3 is 2.55 bits per heavy atom. The molecule has 0 fully saturated rings. The number of fused-ring (bicyclic) bond motifs is 1. The summed E-state index contributed by atoms with van der Waals surface area (Å²) >= 11 is 0. The summed E-state index contributed by atoms with van der Waals surface area (Å²) in [5, 5.41) is 0. The summed E-state index contributed by atoms with van der Waals surface area (Å²) in [6.07, 6.45) is 7.38. The molecule has 20 heavy (non-hydrogen) atoms. The third-order valence-corrected chi connectivity index (χ3v) is 4.00. The molecule has 1 atom stereocenters. The van der Waals surface area contributed by atoms with Crippen molar-refractivity contribution < 1.29 is 14.2 Å². The van der Waals surface area contributed by atoms with Crippen LogP contribution < -0.4 is 9.47 Å². The van der Waals surface area contributed by atoms with Crippen LogP contribution in [0.2, 0.25) is 0 Å². The third kappa shape index (κ3) is 3.45. The molecular weight excluding hydrogens is 252 g/mol. The van der Waals surface area contributed by atoms with Crippen LogP contribution >= 0.6 is 0 Å². The molecule has 0 spiro atoms. The van der Waals surface area contributed by atoms with E-state index in [1.807, 2.05) is 0 Å². The van der Waals surface area contributed by atoms with E-state index in [-0.39, 0.29) is 6.10 Å². The van der Waals surface area contributed by atoms with Gasteiger partial charge >= 0.3 is 0 Å². The standard InChI is InChI=1S/C17H26O3/c1-4-5-6-7-8-15-14-12-17(19-3)16(18-2)11-13(14)9-10-20-15/h11-12,15H,4-10H2,1-3H3. The average Bonchev–Trinajstić information content (AvgIpc) is 2.50. The van der Waals surface area contributed by atoms with E-state index < -0.39 is 0 Å². The summed E-state index contributed by atoms with van der Waals surface area (Å²) in [4.78, 5) is 0. The maximum Gasteiger partial charge on any atom is 0.161 e. The lowest BCUT2D eigenvalue weighted by atomic mass is 9.93. The molecule has 2 rings (SSSR count). The molecule has 3 heteroatoms. The lowest BCUT2D eigenvalue weighted by Crippen LogP contribution is -2.16. The fourth-order valence-electron chi connectivity index (χ4n) is 2.85. The van der Waals surface area contributed by atoms with Crippen LogP contribution in [0.15, 0.2) is 12.1 Å². The van der Waals surface area contributed by atoms with Gasteiger partial charge in [0.25, 0.3) is 0 Å². The van der Waals surface area contributed by atoms with E-state index in [0.717, 1.165) is 30.9 Å². The Kier molecular flexibility index (Phi) is 5.72. The highest BCUT2D eigenvalue weighted by molar-refractivity contribution is 5.48. The second-order valence-electron chi connectivity index (χ2n) is 5.36. The highest BCUT2D eigenvalue weighted by atomic mass is 16.5. The Bertz CT molecular complexity index is 428. The van der Waals surface area contributed by atoms with Crippen LogP contribution in [0.25, 0.3) is 0 Å². The third-order valence-electron chi connectivity index (χ3n) is 4.00. The molecule has 1 aromatic carbocycles. The first-order valence-corrected chi connectivity index (χ1v) is 7.66. The minimum atomic E-state index is 0.218. The molecule has 1 unspecified atom stereocenters. The zero-order valence-corrected chi connectivity index (χ0v) is 12.9. The van der Waals surface area contributed by atoms with Crippen LogP contribution in [0, 0.1) is 0 Å². The molecular formula is C17H26O3. The van der Waals surface area contributed by atoms with E-state index in [0.29, 0.717) is 0 Å². The van der Waals surface area contributed by atoms with Crippen LogP contribution in [-0.2, 0) is 11.2 Å². The van der Waals surface area contributed by atoms with Gasteiger partial charge in [-0.25, -0.2) is 0 Å². The van der Waals surface area contributed by atoms with Gasteiger partial charge in [-0.15, -0.1) is 0 Å². The molecule has 0 saturated heterocycles. The molecule has 1 aliphatic rings. The number of ether oxygens (including phenoxy) is 3. The quantitative estimate of drug-likeness (QED) is 0.696. The fourth-order valence-corrected chi connectivity index (χ4v) is 2.85. The van der Waals surface area contributed by atoms with E-state index in [2.05, 4.69) is 19.1 Å². The van der Waals surface area contributed by atoms with Gasteiger partial charge in [-0.05, 0) is 36.1 Å². The van der Waals surface area contributed by atoms with E-state index in [1.165, 1.54) is 36.8 Å². The molecule has 0 aliphatic carbocycles. The van der Waals surface area contributed by atoms with Gasteiger partial charge in [0.2, 0.25) is 0 Å². The fraction of sp³-hybridized carbons (Fsp3) is 0.647. The minimum Gasteiger partial charge on any atom is -0.493 e. The topological polar surface area (TPSA) is 27.7 Å². The van der Waals surface area contributed by atoms with E-state index >= 15 is 0 Å². The largest absolute Gasteiger partial charge is 0.493 e. The SMILES string of the molecule is CCCCCCC1OCCc2cc(OC)c(OC)cc21. The second kappa shape index (κ2) is 7.53. The molecule has 0 radical (unpaired) electrons. The van der Waals surface area contributed by atoms with Crippen LogP contribution in [0.4, 0.5) is 0 Å². The lowest BCUT2D eigenvalue weighted by molar-refractivity contribution is 0.0345. The molecule has 3 nitrogen and oxygen atoms in total. The average molecular weight is 278 g/mol. The van der Waals surface area contributed by atoms with Gasteiger partial charge in [0, 0.05) is 0 Å². The van der Waals surface area contributed by atoms with Crippen molar-refractivity contribution in [2.75, 3.05) is 20.8 Å². The van der Waals surface area contributed by atoms with Crippen molar-refractivity contribution in [3.05, 3.63) is 23.3 Å². The molecule has 1 heterocycles. The summed E-state index contributed by atoms with van der Waals surface area (Å²) in [5.41, 5.74) is 2.62. The molecule has 0 saturated carbocycles. The summed E-state index contributed by atoms with van der Waals surface area (Å²) < 4.78 is 16.8. The van der Waals surface area contributed by atoms with Crippen molar-refractivity contribution in [2.45, 2.75) is 51.6 Å². The molecule has 0 N–H and O–H groups in total. The monoisotopic (exact) mass is 278 g/mol. The van der Waals surface area contributed by atoms with Gasteiger partial charge < -0.3 is 14.2 Å². The van der Waals surface area contributed by atoms with E-state index in [4.69, 9.17) is 14.2 Å². The zero-order valence-electron chi connectivity index (χ0n) is 12.9. The van der Waals surface area contributed by atoms with Crippen LogP contribution in [0.3, 0.4) is 0 Å². The van der Waals surface area contributed by atoms with Crippen molar-refractivity contribution in [3.63, 3.8) is 0 Å². The highest BCUT2D eigenvalue weighted by Gasteiger charge is 2.23. The van der Waals surface area contributed by atoms with Crippen LogP contribution in [0.1, 0.15) is 56.3 Å². The van der Waals surface area contributed by atoms with E-state index in [9.17, 15) is 0 Å². The Hall–Kier alpha value is -1.22. The number of rotatable bonds is 7. The molecule has 0 aromatic heterocycles. The minimum absolute atomic E-state index is 0.218. The highest BCUT2D eigenvalue weighted by Crippen LogP contribution is 2.38. The van der Waals surface area contributed by atoms with Gasteiger partial charge in [-0.3, -0.25) is 0 Å².